The molecule has 1 unspecified atom stereocenters. The number of halogens is 1. The lowest BCUT2D eigenvalue weighted by atomic mass is 9.97. The van der Waals surface area contributed by atoms with Crippen molar-refractivity contribution in [3.8, 4) is 0 Å². The van der Waals surface area contributed by atoms with Gasteiger partial charge >= 0.3 is 0 Å². The first-order valence-corrected chi connectivity index (χ1v) is 7.93. The standard InChI is InChI=1S/C18H17ClN2O2/c19-15-7-3-1-5-12(15)11-17(22)20-10-9-14-13-6-2-4-8-16(13)21-18(14)23/h1-8,14H,9-11H2,(H,20,22)(H,21,23). The van der Waals surface area contributed by atoms with E-state index >= 15 is 0 Å². The molecule has 0 bridgehead atoms. The highest BCUT2D eigenvalue weighted by Crippen LogP contribution is 2.33. The van der Waals surface area contributed by atoms with Gasteiger partial charge in [0.2, 0.25) is 11.8 Å². The second-order valence-corrected chi connectivity index (χ2v) is 5.94. The Kier molecular flexibility index (Phi) is 4.63. The first-order valence-electron chi connectivity index (χ1n) is 7.55. The van der Waals surface area contributed by atoms with Crippen LogP contribution < -0.4 is 10.6 Å². The van der Waals surface area contributed by atoms with Crippen molar-refractivity contribution in [3.05, 3.63) is 64.7 Å². The van der Waals surface area contributed by atoms with E-state index in [1.54, 1.807) is 6.07 Å². The number of anilines is 1. The topological polar surface area (TPSA) is 58.2 Å². The molecule has 0 aromatic heterocycles. The van der Waals surface area contributed by atoms with Gasteiger partial charge in [0.15, 0.2) is 0 Å². The molecule has 0 saturated carbocycles. The van der Waals surface area contributed by atoms with Gasteiger partial charge in [-0.3, -0.25) is 9.59 Å². The van der Waals surface area contributed by atoms with Crippen LogP contribution in [0.5, 0.6) is 0 Å². The Bertz CT molecular complexity index is 745. The number of fused-ring (bicyclic) bond motifs is 1. The highest BCUT2D eigenvalue weighted by Gasteiger charge is 2.29. The minimum atomic E-state index is -0.202. The molecule has 5 heteroatoms. The van der Waals surface area contributed by atoms with Crippen LogP contribution in [0.4, 0.5) is 5.69 Å². The van der Waals surface area contributed by atoms with Crippen LogP contribution in [0.1, 0.15) is 23.5 Å². The predicted octanol–water partition coefficient (Wildman–Crippen LogP) is 3.12. The summed E-state index contributed by atoms with van der Waals surface area (Å²) in [6, 6.07) is 14.9. The van der Waals surface area contributed by atoms with Gasteiger partial charge in [0, 0.05) is 17.3 Å². The van der Waals surface area contributed by atoms with Gasteiger partial charge in [-0.2, -0.15) is 0 Å². The van der Waals surface area contributed by atoms with Crippen molar-refractivity contribution in [2.24, 2.45) is 0 Å². The molecule has 1 atom stereocenters. The van der Waals surface area contributed by atoms with Gasteiger partial charge < -0.3 is 10.6 Å². The maximum absolute atomic E-state index is 12.0. The minimum absolute atomic E-state index is 0.00782. The van der Waals surface area contributed by atoms with E-state index in [1.807, 2.05) is 42.5 Å². The average molecular weight is 329 g/mol. The third-order valence-corrected chi connectivity index (χ3v) is 4.34. The number of para-hydroxylation sites is 1. The van der Waals surface area contributed by atoms with E-state index in [-0.39, 0.29) is 24.2 Å². The number of amides is 2. The zero-order valence-electron chi connectivity index (χ0n) is 12.5. The van der Waals surface area contributed by atoms with Crippen LogP contribution in [0.15, 0.2) is 48.5 Å². The fraction of sp³-hybridized carbons (Fsp3) is 0.222. The molecule has 1 aliphatic heterocycles. The lowest BCUT2D eigenvalue weighted by Gasteiger charge is -2.10. The second-order valence-electron chi connectivity index (χ2n) is 5.54. The largest absolute Gasteiger partial charge is 0.356 e. The summed E-state index contributed by atoms with van der Waals surface area (Å²) in [6.45, 7) is 0.454. The summed E-state index contributed by atoms with van der Waals surface area (Å²) < 4.78 is 0. The Morgan fingerprint density at radius 3 is 2.70 bits per heavy atom. The molecule has 0 radical (unpaired) electrons. The number of hydrogen-bond donors (Lipinski definition) is 2. The fourth-order valence-electron chi connectivity index (χ4n) is 2.80. The smallest absolute Gasteiger partial charge is 0.232 e. The van der Waals surface area contributed by atoms with E-state index in [0.717, 1.165) is 16.8 Å². The molecule has 2 aromatic rings. The molecule has 2 N–H and O–H groups in total. The first-order chi connectivity index (χ1) is 11.1. The Labute approximate surface area is 139 Å². The maximum Gasteiger partial charge on any atom is 0.232 e. The summed E-state index contributed by atoms with van der Waals surface area (Å²) in [5.74, 6) is -0.303. The molecular weight excluding hydrogens is 312 g/mol. The van der Waals surface area contributed by atoms with Gasteiger partial charge in [0.1, 0.15) is 0 Å². The maximum atomic E-state index is 12.0. The number of carbonyl (C=O) groups is 2. The van der Waals surface area contributed by atoms with Crippen molar-refractivity contribution in [1.29, 1.82) is 0 Å². The highest BCUT2D eigenvalue weighted by atomic mass is 35.5. The average Bonchev–Trinajstić information content (AvgIpc) is 2.86. The number of nitrogens with one attached hydrogen (secondary N) is 2. The molecule has 0 aliphatic carbocycles. The second kappa shape index (κ2) is 6.84. The molecule has 0 spiro atoms. The summed E-state index contributed by atoms with van der Waals surface area (Å²) in [5.41, 5.74) is 2.67. The molecule has 118 valence electrons. The van der Waals surface area contributed by atoms with Crippen molar-refractivity contribution in [3.63, 3.8) is 0 Å². The summed E-state index contributed by atoms with van der Waals surface area (Å²) in [6.07, 6.45) is 0.824. The van der Waals surface area contributed by atoms with Crippen LogP contribution in [0.25, 0.3) is 0 Å². The number of carbonyl (C=O) groups excluding carboxylic acids is 2. The van der Waals surface area contributed by atoms with Gasteiger partial charge in [-0.15, -0.1) is 0 Å². The minimum Gasteiger partial charge on any atom is -0.356 e. The summed E-state index contributed by atoms with van der Waals surface area (Å²) in [4.78, 5) is 24.0. The third kappa shape index (κ3) is 3.54. The van der Waals surface area contributed by atoms with E-state index in [2.05, 4.69) is 10.6 Å². The van der Waals surface area contributed by atoms with Crippen molar-refractivity contribution in [1.82, 2.24) is 5.32 Å². The highest BCUT2D eigenvalue weighted by molar-refractivity contribution is 6.31. The molecule has 4 nitrogen and oxygen atoms in total. The summed E-state index contributed by atoms with van der Waals surface area (Å²) >= 11 is 6.05. The van der Waals surface area contributed by atoms with Crippen LogP contribution in [-0.4, -0.2) is 18.4 Å². The lowest BCUT2D eigenvalue weighted by Crippen LogP contribution is -2.28. The third-order valence-electron chi connectivity index (χ3n) is 3.97. The zero-order valence-corrected chi connectivity index (χ0v) is 13.3. The van der Waals surface area contributed by atoms with Crippen LogP contribution in [0.3, 0.4) is 0 Å². The van der Waals surface area contributed by atoms with Crippen molar-refractivity contribution in [2.45, 2.75) is 18.8 Å². The first kappa shape index (κ1) is 15.6. The van der Waals surface area contributed by atoms with Gasteiger partial charge in [-0.05, 0) is 29.7 Å². The number of rotatable bonds is 5. The monoisotopic (exact) mass is 328 g/mol. The summed E-state index contributed by atoms with van der Waals surface area (Å²) in [5, 5.41) is 6.31. The lowest BCUT2D eigenvalue weighted by molar-refractivity contribution is -0.121. The zero-order chi connectivity index (χ0) is 16.2. The Balaban J connectivity index is 1.53. The van der Waals surface area contributed by atoms with Crippen molar-refractivity contribution >= 4 is 29.1 Å². The SMILES string of the molecule is O=C(Cc1ccccc1Cl)NCCC1C(=O)Nc2ccccc21. The fourth-order valence-corrected chi connectivity index (χ4v) is 3.00. The van der Waals surface area contributed by atoms with Crippen molar-refractivity contribution in [2.75, 3.05) is 11.9 Å². The molecule has 2 amide bonds. The molecule has 1 heterocycles. The van der Waals surface area contributed by atoms with Gasteiger partial charge in [0.25, 0.3) is 0 Å². The number of benzene rings is 2. The summed E-state index contributed by atoms with van der Waals surface area (Å²) in [7, 11) is 0. The molecular formula is C18H17ClN2O2. The number of hydrogen-bond acceptors (Lipinski definition) is 2. The Morgan fingerprint density at radius 1 is 1.13 bits per heavy atom. The molecule has 3 rings (SSSR count). The quantitative estimate of drug-likeness (QED) is 0.886. The van der Waals surface area contributed by atoms with Gasteiger partial charge in [0.05, 0.1) is 12.3 Å². The van der Waals surface area contributed by atoms with Gasteiger partial charge in [-0.1, -0.05) is 48.0 Å². The Hall–Kier alpha value is -2.33. The van der Waals surface area contributed by atoms with Crippen LogP contribution in [-0.2, 0) is 16.0 Å². The molecule has 0 fully saturated rings. The molecule has 0 saturated heterocycles. The van der Waals surface area contributed by atoms with E-state index in [1.165, 1.54) is 0 Å². The van der Waals surface area contributed by atoms with E-state index in [4.69, 9.17) is 11.6 Å². The molecule has 2 aromatic carbocycles. The van der Waals surface area contributed by atoms with Crippen LogP contribution >= 0.6 is 11.6 Å². The molecule has 1 aliphatic rings. The molecule has 23 heavy (non-hydrogen) atoms. The normalized spacial score (nSPS) is 15.9. The van der Waals surface area contributed by atoms with Crippen LogP contribution in [0.2, 0.25) is 5.02 Å². The van der Waals surface area contributed by atoms with Crippen molar-refractivity contribution < 1.29 is 9.59 Å². The van der Waals surface area contributed by atoms with Crippen LogP contribution in [0, 0.1) is 0 Å². The van der Waals surface area contributed by atoms with E-state index in [9.17, 15) is 9.59 Å². The Morgan fingerprint density at radius 2 is 1.87 bits per heavy atom. The van der Waals surface area contributed by atoms with E-state index in [0.29, 0.717) is 18.0 Å². The predicted molar refractivity (Wildman–Crippen MR) is 90.6 cm³/mol. The van der Waals surface area contributed by atoms with Gasteiger partial charge in [-0.25, -0.2) is 0 Å². The van der Waals surface area contributed by atoms with E-state index < -0.39 is 0 Å².